The van der Waals surface area contributed by atoms with Gasteiger partial charge in [0.2, 0.25) is 0 Å². The zero-order valence-corrected chi connectivity index (χ0v) is 7.06. The summed E-state index contributed by atoms with van der Waals surface area (Å²) in [6.45, 7) is 0. The quantitative estimate of drug-likeness (QED) is 0.656. The van der Waals surface area contributed by atoms with Gasteiger partial charge in [-0.05, 0) is 6.07 Å². The van der Waals surface area contributed by atoms with Gasteiger partial charge in [0.1, 0.15) is 9.21 Å². The van der Waals surface area contributed by atoms with Crippen molar-refractivity contribution in [3.8, 4) is 0 Å². The Morgan fingerprint density at radius 2 is 2.08 bits per heavy atom. The van der Waals surface area contributed by atoms with Crippen LogP contribution in [0.4, 0.5) is 13.2 Å². The van der Waals surface area contributed by atoms with E-state index in [-0.39, 0.29) is 9.90 Å². The summed E-state index contributed by atoms with van der Waals surface area (Å²) in [6, 6.07) is 0.736. The third-order valence-corrected chi connectivity index (χ3v) is 2.55. The summed E-state index contributed by atoms with van der Waals surface area (Å²) < 4.78 is 35.7. The molecule has 0 aliphatic carbocycles. The Morgan fingerprint density at radius 1 is 1.50 bits per heavy atom. The molecule has 6 heteroatoms. The number of carbonyl (C=O) groups excluding carboxylic acids is 1. The predicted molar refractivity (Wildman–Crippen MR) is 39.7 cm³/mol. The Bertz CT molecular complexity index is 304. The third-order valence-electron chi connectivity index (χ3n) is 1.12. The van der Waals surface area contributed by atoms with Crippen molar-refractivity contribution in [3.63, 3.8) is 0 Å². The van der Waals surface area contributed by atoms with Crippen LogP contribution in [0.15, 0.2) is 6.07 Å². The topological polar surface area (TPSA) is 17.1 Å². The average Bonchev–Trinajstić information content (AvgIpc) is 2.29. The molecule has 12 heavy (non-hydrogen) atoms. The first-order valence-electron chi connectivity index (χ1n) is 2.77. The third kappa shape index (κ3) is 1.78. The van der Waals surface area contributed by atoms with E-state index in [0.717, 1.165) is 6.07 Å². The highest BCUT2D eigenvalue weighted by Gasteiger charge is 2.33. The van der Waals surface area contributed by atoms with E-state index in [1.54, 1.807) is 0 Å². The van der Waals surface area contributed by atoms with Gasteiger partial charge in [0.15, 0.2) is 6.29 Å². The first kappa shape index (κ1) is 9.54. The van der Waals surface area contributed by atoms with Gasteiger partial charge < -0.3 is 0 Å². The van der Waals surface area contributed by atoms with Crippen LogP contribution in [0.3, 0.4) is 0 Å². The second-order valence-electron chi connectivity index (χ2n) is 1.96. The molecule has 0 aliphatic rings. The summed E-state index contributed by atoms with van der Waals surface area (Å²) >= 11 is 5.69. The molecule has 0 saturated carbocycles. The smallest absolute Gasteiger partial charge is 0.298 e. The molecular formula is C6H2ClF3OS. The molecule has 0 unspecified atom stereocenters. The molecule has 0 aromatic carbocycles. The van der Waals surface area contributed by atoms with Crippen molar-refractivity contribution in [3.05, 3.63) is 20.8 Å². The highest BCUT2D eigenvalue weighted by molar-refractivity contribution is 7.16. The fourth-order valence-electron chi connectivity index (χ4n) is 0.603. The van der Waals surface area contributed by atoms with Crippen LogP contribution in [0.1, 0.15) is 15.2 Å². The van der Waals surface area contributed by atoms with Crippen molar-refractivity contribution in [2.75, 3.05) is 0 Å². The van der Waals surface area contributed by atoms with Crippen LogP contribution in [0.25, 0.3) is 0 Å². The van der Waals surface area contributed by atoms with Crippen molar-refractivity contribution in [2.45, 2.75) is 6.18 Å². The molecule has 0 N–H and O–H groups in total. The molecule has 1 rings (SSSR count). The number of thiophene rings is 1. The number of rotatable bonds is 1. The summed E-state index contributed by atoms with van der Waals surface area (Å²) in [7, 11) is 0. The van der Waals surface area contributed by atoms with Gasteiger partial charge in [-0.15, -0.1) is 11.3 Å². The normalized spacial score (nSPS) is 11.7. The number of carbonyl (C=O) groups is 1. The van der Waals surface area contributed by atoms with E-state index in [0.29, 0.717) is 17.6 Å². The summed E-state index contributed by atoms with van der Waals surface area (Å²) in [5.41, 5.74) is -0.117. The summed E-state index contributed by atoms with van der Waals surface area (Å²) in [6.07, 6.45) is -4.12. The van der Waals surface area contributed by atoms with E-state index in [9.17, 15) is 18.0 Å². The van der Waals surface area contributed by atoms with Gasteiger partial charge >= 0.3 is 6.18 Å². The first-order valence-corrected chi connectivity index (χ1v) is 3.96. The molecule has 0 bridgehead atoms. The molecule has 0 amide bonds. The highest BCUT2D eigenvalue weighted by atomic mass is 35.5. The maximum absolute atomic E-state index is 12.0. The lowest BCUT2D eigenvalue weighted by molar-refractivity contribution is -0.134. The molecule has 0 fully saturated rings. The fourth-order valence-corrected chi connectivity index (χ4v) is 1.67. The molecule has 0 atom stereocenters. The van der Waals surface area contributed by atoms with E-state index in [1.165, 1.54) is 0 Å². The molecule has 0 saturated heterocycles. The van der Waals surface area contributed by atoms with Gasteiger partial charge in [-0.25, -0.2) is 0 Å². The van der Waals surface area contributed by atoms with Gasteiger partial charge in [-0.2, -0.15) is 13.2 Å². The molecule has 1 nitrogen and oxygen atoms in total. The number of aldehydes is 1. The SMILES string of the molecule is O=Cc1cc(C(F)(F)F)sc1Cl. The number of hydrogen-bond donors (Lipinski definition) is 0. The lowest BCUT2D eigenvalue weighted by Gasteiger charge is -1.99. The van der Waals surface area contributed by atoms with Gasteiger partial charge in [0.25, 0.3) is 0 Å². The Hall–Kier alpha value is -0.550. The standard InChI is InChI=1S/C6H2ClF3OS/c7-5-3(2-11)1-4(12-5)6(8,9)10/h1-2H. The van der Waals surface area contributed by atoms with E-state index < -0.39 is 11.1 Å². The Morgan fingerprint density at radius 3 is 2.33 bits per heavy atom. The van der Waals surface area contributed by atoms with Crippen molar-refractivity contribution in [1.82, 2.24) is 0 Å². The Labute approximate surface area is 74.8 Å². The Kier molecular flexibility index (Phi) is 2.44. The lowest BCUT2D eigenvalue weighted by Crippen LogP contribution is -2.00. The predicted octanol–water partition coefficient (Wildman–Crippen LogP) is 3.23. The number of hydrogen-bond acceptors (Lipinski definition) is 2. The van der Waals surface area contributed by atoms with Crippen molar-refractivity contribution in [1.29, 1.82) is 0 Å². The molecule has 66 valence electrons. The van der Waals surface area contributed by atoms with Gasteiger partial charge in [-0.3, -0.25) is 4.79 Å². The second-order valence-corrected chi connectivity index (χ2v) is 3.61. The minimum Gasteiger partial charge on any atom is -0.298 e. The van der Waals surface area contributed by atoms with E-state index >= 15 is 0 Å². The molecular weight excluding hydrogens is 213 g/mol. The van der Waals surface area contributed by atoms with Crippen LogP contribution in [0, 0.1) is 0 Å². The van der Waals surface area contributed by atoms with Gasteiger partial charge in [0.05, 0.1) is 0 Å². The molecule has 1 aromatic heterocycles. The second kappa shape index (κ2) is 3.06. The summed E-state index contributed by atoms with van der Waals surface area (Å²) in [4.78, 5) is 9.27. The lowest BCUT2D eigenvalue weighted by atomic mass is 10.3. The maximum atomic E-state index is 12.0. The molecule has 0 radical (unpaired) electrons. The molecule has 1 aromatic rings. The minimum absolute atomic E-state index is 0.117. The van der Waals surface area contributed by atoms with Crippen LogP contribution < -0.4 is 0 Å². The van der Waals surface area contributed by atoms with Crippen molar-refractivity contribution >= 4 is 29.2 Å². The number of alkyl halides is 3. The van der Waals surface area contributed by atoms with Crippen LogP contribution in [0.5, 0.6) is 0 Å². The van der Waals surface area contributed by atoms with E-state index in [1.807, 2.05) is 0 Å². The average molecular weight is 215 g/mol. The molecule has 0 spiro atoms. The van der Waals surface area contributed by atoms with Crippen LogP contribution in [-0.2, 0) is 6.18 Å². The number of halogens is 4. The zero-order valence-electron chi connectivity index (χ0n) is 5.48. The molecule has 1 heterocycles. The van der Waals surface area contributed by atoms with Gasteiger partial charge in [-0.1, -0.05) is 11.6 Å². The van der Waals surface area contributed by atoms with Crippen molar-refractivity contribution in [2.24, 2.45) is 0 Å². The monoisotopic (exact) mass is 214 g/mol. The zero-order chi connectivity index (χ0) is 9.35. The highest BCUT2D eigenvalue weighted by Crippen LogP contribution is 2.38. The Balaban J connectivity index is 3.13. The summed E-state index contributed by atoms with van der Waals surface area (Å²) in [5.74, 6) is 0. The van der Waals surface area contributed by atoms with Crippen LogP contribution >= 0.6 is 22.9 Å². The van der Waals surface area contributed by atoms with Gasteiger partial charge in [0, 0.05) is 5.56 Å². The largest absolute Gasteiger partial charge is 0.425 e. The van der Waals surface area contributed by atoms with Crippen molar-refractivity contribution < 1.29 is 18.0 Å². The minimum atomic E-state index is -4.42. The summed E-state index contributed by atoms with van der Waals surface area (Å²) in [5, 5.41) is 0. The van der Waals surface area contributed by atoms with Crippen LogP contribution in [-0.4, -0.2) is 6.29 Å². The van der Waals surface area contributed by atoms with Crippen LogP contribution in [0.2, 0.25) is 4.34 Å². The molecule has 0 aliphatic heterocycles. The first-order chi connectivity index (χ1) is 5.45. The fraction of sp³-hybridized carbons (Fsp3) is 0.167. The van der Waals surface area contributed by atoms with E-state index in [2.05, 4.69) is 0 Å². The maximum Gasteiger partial charge on any atom is 0.425 e. The van der Waals surface area contributed by atoms with E-state index in [4.69, 9.17) is 11.6 Å².